The first-order chi connectivity index (χ1) is 11.0. The van der Waals surface area contributed by atoms with E-state index in [0.29, 0.717) is 5.57 Å². The molecule has 1 fully saturated rings. The van der Waals surface area contributed by atoms with Crippen LogP contribution in [0.4, 0.5) is 0 Å². The maximum Gasteiger partial charge on any atom is 0.358 e. The fraction of sp³-hybridized carbons (Fsp3) is 0.625. The molecular weight excluding hydrogens is 318 g/mol. The molecule has 1 amide bonds. The van der Waals surface area contributed by atoms with E-state index < -0.39 is 36.2 Å². The second kappa shape index (κ2) is 6.26. The molecule has 0 saturated carbocycles. The first-order valence-corrected chi connectivity index (χ1v) is 7.58. The van der Waals surface area contributed by atoms with Gasteiger partial charge in [0.1, 0.15) is 11.8 Å². The second-order valence-corrected chi connectivity index (χ2v) is 6.83. The molecule has 0 aromatic heterocycles. The lowest BCUT2D eigenvalue weighted by molar-refractivity contribution is -0.173. The van der Waals surface area contributed by atoms with E-state index >= 15 is 0 Å². The van der Waals surface area contributed by atoms with Crippen molar-refractivity contribution in [3.05, 3.63) is 11.3 Å². The first-order valence-electron chi connectivity index (χ1n) is 7.58. The quantitative estimate of drug-likeness (QED) is 0.426. The summed E-state index contributed by atoms with van der Waals surface area (Å²) in [5.41, 5.74) is -0.212. The normalized spacial score (nSPS) is 22.7. The summed E-state index contributed by atoms with van der Waals surface area (Å²) >= 11 is 0. The van der Waals surface area contributed by atoms with Crippen molar-refractivity contribution in [2.75, 3.05) is 6.79 Å². The molecule has 1 saturated heterocycles. The molecule has 2 rings (SSSR count). The van der Waals surface area contributed by atoms with Crippen LogP contribution in [0.1, 0.15) is 41.0 Å². The number of amides is 1. The van der Waals surface area contributed by atoms with Gasteiger partial charge < -0.3 is 14.2 Å². The molecule has 8 nitrogen and oxygen atoms in total. The van der Waals surface area contributed by atoms with Crippen molar-refractivity contribution >= 4 is 23.8 Å². The zero-order chi connectivity index (χ0) is 18.2. The molecule has 2 heterocycles. The molecule has 0 aliphatic carbocycles. The van der Waals surface area contributed by atoms with Gasteiger partial charge in [-0.3, -0.25) is 19.3 Å². The van der Waals surface area contributed by atoms with Gasteiger partial charge in [-0.25, -0.2) is 4.79 Å². The summed E-state index contributed by atoms with van der Waals surface area (Å²) in [6, 6.07) is -0.374. The Hall–Kier alpha value is -2.38. The molecule has 2 atom stereocenters. The van der Waals surface area contributed by atoms with Crippen LogP contribution in [-0.2, 0) is 33.4 Å². The van der Waals surface area contributed by atoms with Crippen molar-refractivity contribution in [3.63, 3.8) is 0 Å². The van der Waals surface area contributed by atoms with Crippen LogP contribution in [0.2, 0.25) is 0 Å². The fourth-order valence-electron chi connectivity index (χ4n) is 2.61. The van der Waals surface area contributed by atoms with Crippen LogP contribution in [0, 0.1) is 5.41 Å². The Morgan fingerprint density at radius 1 is 1.21 bits per heavy atom. The fourth-order valence-corrected chi connectivity index (χ4v) is 2.61. The number of carbonyl (C=O) groups is 4. The number of β-lactam (4-membered cyclic amide) rings is 1. The molecule has 8 heteroatoms. The molecule has 0 aromatic carbocycles. The molecule has 2 aliphatic heterocycles. The molecule has 0 spiro atoms. The Kier molecular flexibility index (Phi) is 4.68. The van der Waals surface area contributed by atoms with E-state index in [1.165, 1.54) is 11.8 Å². The van der Waals surface area contributed by atoms with Gasteiger partial charge in [-0.1, -0.05) is 0 Å². The highest BCUT2D eigenvalue weighted by atomic mass is 16.7. The van der Waals surface area contributed by atoms with Crippen LogP contribution < -0.4 is 0 Å². The number of fused-ring (bicyclic) bond motifs is 1. The molecule has 0 radical (unpaired) electrons. The Balaban J connectivity index is 2.04. The average molecular weight is 339 g/mol. The van der Waals surface area contributed by atoms with Gasteiger partial charge >= 0.3 is 17.9 Å². The van der Waals surface area contributed by atoms with Crippen LogP contribution in [0.25, 0.3) is 0 Å². The third-order valence-corrected chi connectivity index (χ3v) is 3.85. The lowest BCUT2D eigenvalue weighted by atomic mass is 9.98. The molecule has 24 heavy (non-hydrogen) atoms. The van der Waals surface area contributed by atoms with Gasteiger partial charge in [0.15, 0.2) is 0 Å². The molecule has 1 unspecified atom stereocenters. The summed E-state index contributed by atoms with van der Waals surface area (Å²) in [7, 11) is 0. The molecule has 0 aromatic rings. The highest BCUT2D eigenvalue weighted by Crippen LogP contribution is 2.40. The molecular formula is C16H21NO7. The number of hydrogen-bond donors (Lipinski definition) is 0. The van der Waals surface area contributed by atoms with Gasteiger partial charge in [-0.05, 0) is 27.7 Å². The third kappa shape index (κ3) is 3.27. The zero-order valence-electron chi connectivity index (χ0n) is 14.4. The SMILES string of the molecule is CC(=O)OC1C(C)=C(C(=O)OCOC(=O)C(C)(C)C)N2C(=O)C[C@@H]12. The monoisotopic (exact) mass is 339 g/mol. The second-order valence-electron chi connectivity index (χ2n) is 6.83. The summed E-state index contributed by atoms with van der Waals surface area (Å²) in [6.07, 6.45) is -0.453. The van der Waals surface area contributed by atoms with E-state index in [9.17, 15) is 19.2 Å². The van der Waals surface area contributed by atoms with E-state index in [2.05, 4.69) is 0 Å². The number of carbonyl (C=O) groups excluding carboxylic acids is 4. The largest absolute Gasteiger partial charge is 0.456 e. The van der Waals surface area contributed by atoms with Crippen LogP contribution in [0.5, 0.6) is 0 Å². The van der Waals surface area contributed by atoms with Crippen molar-refractivity contribution in [1.29, 1.82) is 0 Å². The standard InChI is InChI=1S/C16H21NO7/c1-8-12(14(20)22-7-23-15(21)16(3,4)5)17-10(6-11(17)19)13(8)24-9(2)18/h10,13H,6-7H2,1-5H3/t10-,13?/m0/s1. The number of rotatable bonds is 4. The number of nitrogens with zero attached hydrogens (tertiary/aromatic N) is 1. The van der Waals surface area contributed by atoms with Crippen LogP contribution in [0.15, 0.2) is 11.3 Å². The topological polar surface area (TPSA) is 99.2 Å². The minimum atomic E-state index is -0.790. The van der Waals surface area contributed by atoms with Gasteiger partial charge in [0, 0.05) is 12.5 Å². The van der Waals surface area contributed by atoms with Crippen molar-refractivity contribution in [1.82, 2.24) is 4.90 Å². The van der Waals surface area contributed by atoms with Crippen molar-refractivity contribution in [2.24, 2.45) is 5.41 Å². The van der Waals surface area contributed by atoms with Gasteiger partial charge in [-0.2, -0.15) is 0 Å². The minimum Gasteiger partial charge on any atom is -0.456 e. The van der Waals surface area contributed by atoms with Crippen molar-refractivity contribution in [3.8, 4) is 0 Å². The third-order valence-electron chi connectivity index (χ3n) is 3.85. The van der Waals surface area contributed by atoms with E-state index in [-0.39, 0.29) is 24.1 Å². The van der Waals surface area contributed by atoms with E-state index in [4.69, 9.17) is 14.2 Å². The number of esters is 3. The minimum absolute atomic E-state index is 0.0503. The Morgan fingerprint density at radius 3 is 2.33 bits per heavy atom. The molecule has 132 valence electrons. The number of hydrogen-bond acceptors (Lipinski definition) is 7. The molecule has 0 N–H and O–H groups in total. The highest BCUT2D eigenvalue weighted by Gasteiger charge is 2.54. The van der Waals surface area contributed by atoms with E-state index in [1.807, 2.05) is 0 Å². The molecule has 0 bridgehead atoms. The maximum absolute atomic E-state index is 12.2. The first kappa shape index (κ1) is 18.0. The van der Waals surface area contributed by atoms with Crippen LogP contribution in [-0.4, -0.2) is 47.7 Å². The van der Waals surface area contributed by atoms with E-state index in [1.54, 1.807) is 27.7 Å². The zero-order valence-corrected chi connectivity index (χ0v) is 14.4. The van der Waals surface area contributed by atoms with Gasteiger partial charge in [0.25, 0.3) is 0 Å². The number of ether oxygens (including phenoxy) is 3. The van der Waals surface area contributed by atoms with E-state index in [0.717, 1.165) is 0 Å². The van der Waals surface area contributed by atoms with Crippen LogP contribution in [0.3, 0.4) is 0 Å². The van der Waals surface area contributed by atoms with Gasteiger partial charge in [-0.15, -0.1) is 0 Å². The van der Waals surface area contributed by atoms with Gasteiger partial charge in [0.2, 0.25) is 12.7 Å². The molecule has 2 aliphatic rings. The summed E-state index contributed by atoms with van der Waals surface area (Å²) in [5, 5.41) is 0. The average Bonchev–Trinajstić information content (AvgIpc) is 2.66. The van der Waals surface area contributed by atoms with Crippen molar-refractivity contribution < 1.29 is 33.4 Å². The van der Waals surface area contributed by atoms with Crippen LogP contribution >= 0.6 is 0 Å². The predicted octanol–water partition coefficient (Wildman–Crippen LogP) is 0.897. The Morgan fingerprint density at radius 2 is 1.83 bits per heavy atom. The summed E-state index contributed by atoms with van der Waals surface area (Å²) in [5.74, 6) is -2.04. The summed E-state index contributed by atoms with van der Waals surface area (Å²) in [4.78, 5) is 48.1. The van der Waals surface area contributed by atoms with Crippen molar-refractivity contribution in [2.45, 2.75) is 53.2 Å². The Bertz CT molecular complexity index is 629. The maximum atomic E-state index is 12.2. The lowest BCUT2D eigenvalue weighted by Crippen LogP contribution is -2.54. The lowest BCUT2D eigenvalue weighted by Gasteiger charge is -2.37. The highest BCUT2D eigenvalue weighted by molar-refractivity contribution is 5.99. The summed E-state index contributed by atoms with van der Waals surface area (Å²) < 4.78 is 15.0. The summed E-state index contributed by atoms with van der Waals surface area (Å²) in [6.45, 7) is 7.35. The smallest absolute Gasteiger partial charge is 0.358 e. The Labute approximate surface area is 139 Å². The van der Waals surface area contributed by atoms with Gasteiger partial charge in [0.05, 0.1) is 17.9 Å². The predicted molar refractivity (Wildman–Crippen MR) is 80.0 cm³/mol.